The Balaban J connectivity index is 1.77. The lowest BCUT2D eigenvalue weighted by molar-refractivity contribution is -0.137. The highest BCUT2D eigenvalue weighted by Crippen LogP contribution is 2.24. The van der Waals surface area contributed by atoms with Crippen molar-refractivity contribution in [1.29, 1.82) is 0 Å². The van der Waals surface area contributed by atoms with Gasteiger partial charge >= 0.3 is 0 Å². The number of rotatable bonds is 3. The minimum atomic E-state index is -0.184. The van der Waals surface area contributed by atoms with Gasteiger partial charge < -0.3 is 5.32 Å². The molecule has 3 rings (SSSR count). The highest BCUT2D eigenvalue weighted by Gasteiger charge is 2.33. The molecule has 1 aromatic rings. The van der Waals surface area contributed by atoms with Gasteiger partial charge in [-0.05, 0) is 31.0 Å². The van der Waals surface area contributed by atoms with Crippen LogP contribution in [0.3, 0.4) is 0 Å². The third kappa shape index (κ3) is 2.31. The number of benzene rings is 1. The largest absolute Gasteiger partial charge is 0.316 e. The van der Waals surface area contributed by atoms with Crippen molar-refractivity contribution in [2.75, 3.05) is 19.6 Å². The molecule has 0 bridgehead atoms. The summed E-state index contributed by atoms with van der Waals surface area (Å²) in [5.41, 5.74) is 1.32. The Bertz CT molecular complexity index is 530. The summed E-state index contributed by atoms with van der Waals surface area (Å²) in [6.45, 7) is 2.38. The van der Waals surface area contributed by atoms with E-state index in [0.717, 1.165) is 25.1 Å². The van der Waals surface area contributed by atoms with E-state index in [1.165, 1.54) is 11.0 Å². The quantitative estimate of drug-likeness (QED) is 0.822. The van der Waals surface area contributed by atoms with Crippen molar-refractivity contribution in [3.8, 4) is 0 Å². The van der Waals surface area contributed by atoms with Crippen LogP contribution in [0.4, 0.5) is 0 Å². The average Bonchev–Trinajstić information content (AvgIpc) is 3.03. The molecule has 0 radical (unpaired) electrons. The van der Waals surface area contributed by atoms with Crippen molar-refractivity contribution in [3.63, 3.8) is 0 Å². The monoisotopic (exact) mass is 256 g/mol. The molecule has 1 atom stereocenters. The minimum absolute atomic E-state index is 0.164. The number of imide groups is 1. The van der Waals surface area contributed by atoms with Gasteiger partial charge in [0.25, 0.3) is 11.8 Å². The number of hydrogen-bond acceptors (Lipinski definition) is 3. The van der Waals surface area contributed by atoms with E-state index in [1.54, 1.807) is 0 Å². The van der Waals surface area contributed by atoms with Gasteiger partial charge in [-0.1, -0.05) is 30.3 Å². The first kappa shape index (κ1) is 12.1. The molecule has 0 aromatic heterocycles. The van der Waals surface area contributed by atoms with Crippen LogP contribution in [-0.4, -0.2) is 36.3 Å². The maximum Gasteiger partial charge on any atom is 0.261 e. The standard InChI is InChI=1S/C15H16N2O2/c18-14-8-13(12-4-2-1-3-5-12)15(19)17(14)10-11-6-7-16-9-11/h1-5,8,11,16H,6-7,9-10H2. The average molecular weight is 256 g/mol. The molecule has 0 aliphatic carbocycles. The molecule has 1 fully saturated rings. The number of carbonyl (C=O) groups is 2. The summed E-state index contributed by atoms with van der Waals surface area (Å²) in [6, 6.07) is 9.36. The number of nitrogens with one attached hydrogen (secondary N) is 1. The first-order valence-electron chi connectivity index (χ1n) is 6.59. The maximum absolute atomic E-state index is 12.3. The van der Waals surface area contributed by atoms with E-state index in [4.69, 9.17) is 0 Å². The van der Waals surface area contributed by atoms with E-state index in [2.05, 4.69) is 5.32 Å². The fraction of sp³-hybridized carbons (Fsp3) is 0.333. The van der Waals surface area contributed by atoms with E-state index in [-0.39, 0.29) is 11.8 Å². The van der Waals surface area contributed by atoms with Crippen LogP contribution in [0.25, 0.3) is 5.57 Å². The predicted octanol–water partition coefficient (Wildman–Crippen LogP) is 1.05. The van der Waals surface area contributed by atoms with Gasteiger partial charge in [-0.15, -0.1) is 0 Å². The Kier molecular flexibility index (Phi) is 3.17. The van der Waals surface area contributed by atoms with Crippen molar-refractivity contribution >= 4 is 17.4 Å². The zero-order valence-electron chi connectivity index (χ0n) is 10.6. The van der Waals surface area contributed by atoms with Gasteiger partial charge in [0.15, 0.2) is 0 Å². The van der Waals surface area contributed by atoms with E-state index in [1.807, 2.05) is 30.3 Å². The van der Waals surface area contributed by atoms with Gasteiger partial charge in [-0.2, -0.15) is 0 Å². The van der Waals surface area contributed by atoms with Gasteiger partial charge in [-0.25, -0.2) is 0 Å². The molecule has 0 saturated carbocycles. The third-order valence-electron chi connectivity index (χ3n) is 3.70. The SMILES string of the molecule is O=C1C=C(c2ccccc2)C(=O)N1CC1CCNC1. The predicted molar refractivity (Wildman–Crippen MR) is 72.1 cm³/mol. The second kappa shape index (κ2) is 4.97. The van der Waals surface area contributed by atoms with Crippen LogP contribution in [-0.2, 0) is 9.59 Å². The first-order chi connectivity index (χ1) is 9.25. The normalized spacial score (nSPS) is 23.1. The molecule has 1 N–H and O–H groups in total. The van der Waals surface area contributed by atoms with Gasteiger partial charge in [0.2, 0.25) is 0 Å². The van der Waals surface area contributed by atoms with Crippen LogP contribution < -0.4 is 5.32 Å². The Morgan fingerprint density at radius 1 is 1.21 bits per heavy atom. The Morgan fingerprint density at radius 3 is 2.68 bits per heavy atom. The number of carbonyl (C=O) groups excluding carboxylic acids is 2. The minimum Gasteiger partial charge on any atom is -0.316 e. The van der Waals surface area contributed by atoms with Crippen molar-refractivity contribution in [1.82, 2.24) is 10.2 Å². The number of amides is 2. The molecule has 2 heterocycles. The molecule has 19 heavy (non-hydrogen) atoms. The molecular formula is C15H16N2O2. The molecule has 0 spiro atoms. The lowest BCUT2D eigenvalue weighted by atomic mass is 10.1. The smallest absolute Gasteiger partial charge is 0.261 e. The lowest BCUT2D eigenvalue weighted by Gasteiger charge is -2.18. The summed E-state index contributed by atoms with van der Waals surface area (Å²) in [6.07, 6.45) is 2.48. The van der Waals surface area contributed by atoms with Gasteiger partial charge in [0, 0.05) is 12.6 Å². The molecule has 1 saturated heterocycles. The molecule has 4 nitrogen and oxygen atoms in total. The van der Waals surface area contributed by atoms with Crippen LogP contribution in [0.1, 0.15) is 12.0 Å². The Hall–Kier alpha value is -1.94. The van der Waals surface area contributed by atoms with E-state index in [9.17, 15) is 9.59 Å². The van der Waals surface area contributed by atoms with Crippen LogP contribution >= 0.6 is 0 Å². The van der Waals surface area contributed by atoms with Crippen LogP contribution in [0.15, 0.2) is 36.4 Å². The Labute approximate surface area is 112 Å². The third-order valence-corrected chi connectivity index (χ3v) is 3.70. The van der Waals surface area contributed by atoms with Crippen LogP contribution in [0.2, 0.25) is 0 Å². The molecule has 4 heteroatoms. The van der Waals surface area contributed by atoms with E-state index in [0.29, 0.717) is 18.0 Å². The van der Waals surface area contributed by atoms with Crippen molar-refractivity contribution in [3.05, 3.63) is 42.0 Å². The highest BCUT2D eigenvalue weighted by atomic mass is 16.2. The zero-order chi connectivity index (χ0) is 13.2. The van der Waals surface area contributed by atoms with Gasteiger partial charge in [0.1, 0.15) is 0 Å². The maximum atomic E-state index is 12.3. The zero-order valence-corrected chi connectivity index (χ0v) is 10.6. The fourth-order valence-electron chi connectivity index (χ4n) is 2.63. The van der Waals surface area contributed by atoms with E-state index < -0.39 is 0 Å². The van der Waals surface area contributed by atoms with E-state index >= 15 is 0 Å². The second-order valence-corrected chi connectivity index (χ2v) is 5.04. The van der Waals surface area contributed by atoms with Crippen molar-refractivity contribution in [2.24, 2.45) is 5.92 Å². The summed E-state index contributed by atoms with van der Waals surface area (Å²) in [7, 11) is 0. The second-order valence-electron chi connectivity index (χ2n) is 5.04. The number of nitrogens with zero attached hydrogens (tertiary/aromatic N) is 1. The fourth-order valence-corrected chi connectivity index (χ4v) is 2.63. The summed E-state index contributed by atoms with van der Waals surface area (Å²) in [5.74, 6) is 0.0373. The summed E-state index contributed by atoms with van der Waals surface area (Å²) >= 11 is 0. The molecular weight excluding hydrogens is 240 g/mol. The van der Waals surface area contributed by atoms with Crippen molar-refractivity contribution in [2.45, 2.75) is 6.42 Å². The van der Waals surface area contributed by atoms with Gasteiger partial charge in [0.05, 0.1) is 5.57 Å². The summed E-state index contributed by atoms with van der Waals surface area (Å²) in [5, 5.41) is 3.25. The molecule has 2 amide bonds. The number of hydrogen-bond donors (Lipinski definition) is 1. The van der Waals surface area contributed by atoms with Crippen molar-refractivity contribution < 1.29 is 9.59 Å². The first-order valence-corrected chi connectivity index (χ1v) is 6.59. The molecule has 1 unspecified atom stereocenters. The van der Waals surface area contributed by atoms with Crippen LogP contribution in [0, 0.1) is 5.92 Å². The molecule has 1 aromatic carbocycles. The topological polar surface area (TPSA) is 49.4 Å². The highest BCUT2D eigenvalue weighted by molar-refractivity contribution is 6.33. The van der Waals surface area contributed by atoms with Gasteiger partial charge in [-0.3, -0.25) is 14.5 Å². The Morgan fingerprint density at radius 2 is 2.00 bits per heavy atom. The summed E-state index contributed by atoms with van der Waals surface area (Å²) in [4.78, 5) is 25.7. The summed E-state index contributed by atoms with van der Waals surface area (Å²) < 4.78 is 0. The molecule has 2 aliphatic heterocycles. The molecule has 98 valence electrons. The molecule has 2 aliphatic rings. The van der Waals surface area contributed by atoms with Crippen LogP contribution in [0.5, 0.6) is 0 Å². The lowest BCUT2D eigenvalue weighted by Crippen LogP contribution is -2.36.